The van der Waals surface area contributed by atoms with Crippen molar-refractivity contribution < 1.29 is 9.53 Å². The summed E-state index contributed by atoms with van der Waals surface area (Å²) >= 11 is 3.44. The summed E-state index contributed by atoms with van der Waals surface area (Å²) in [6, 6.07) is 7.91. The maximum Gasteiger partial charge on any atom is 0.237 e. The van der Waals surface area contributed by atoms with Gasteiger partial charge in [-0.15, -0.1) is 0 Å². The number of hydrogen-bond acceptors (Lipinski definition) is 4. The van der Waals surface area contributed by atoms with E-state index in [1.807, 2.05) is 30.1 Å². The van der Waals surface area contributed by atoms with Gasteiger partial charge in [0.05, 0.1) is 19.7 Å². The molecule has 0 heterocycles. The molecule has 1 aromatic rings. The Labute approximate surface area is 140 Å². The van der Waals surface area contributed by atoms with Gasteiger partial charge in [-0.3, -0.25) is 9.69 Å². The van der Waals surface area contributed by atoms with Gasteiger partial charge in [0.2, 0.25) is 5.91 Å². The van der Waals surface area contributed by atoms with Crippen LogP contribution in [-0.4, -0.2) is 49.0 Å². The zero-order valence-corrected chi connectivity index (χ0v) is 15.3. The molecule has 0 fully saturated rings. The summed E-state index contributed by atoms with van der Waals surface area (Å²) in [6.45, 7) is 4.26. The fraction of sp³-hybridized carbons (Fsp3) is 0.500. The SMILES string of the molecule is COc1ccc(Br)cc1CN(C)CC(=O)N(C)C(C)(C)C#N. The third kappa shape index (κ3) is 4.72. The predicted molar refractivity (Wildman–Crippen MR) is 89.5 cm³/mol. The normalized spacial score (nSPS) is 11.2. The summed E-state index contributed by atoms with van der Waals surface area (Å²) in [7, 11) is 5.14. The topological polar surface area (TPSA) is 56.6 Å². The van der Waals surface area contributed by atoms with Crippen molar-refractivity contribution in [3.8, 4) is 11.8 Å². The molecule has 1 rings (SSSR count). The van der Waals surface area contributed by atoms with Crippen molar-refractivity contribution in [2.75, 3.05) is 27.7 Å². The maximum absolute atomic E-state index is 12.3. The second-order valence-corrected chi connectivity index (χ2v) is 6.67. The zero-order chi connectivity index (χ0) is 16.9. The third-order valence-electron chi connectivity index (χ3n) is 3.57. The van der Waals surface area contributed by atoms with Crippen LogP contribution in [0.1, 0.15) is 19.4 Å². The van der Waals surface area contributed by atoms with Crippen LogP contribution in [0.5, 0.6) is 5.75 Å². The van der Waals surface area contributed by atoms with Gasteiger partial charge in [0.25, 0.3) is 0 Å². The smallest absolute Gasteiger partial charge is 0.237 e. The van der Waals surface area contributed by atoms with E-state index < -0.39 is 5.54 Å². The van der Waals surface area contributed by atoms with Crippen molar-refractivity contribution in [1.29, 1.82) is 5.26 Å². The van der Waals surface area contributed by atoms with Crippen LogP contribution in [0.4, 0.5) is 0 Å². The first-order valence-corrected chi connectivity index (χ1v) is 7.69. The number of carbonyl (C=O) groups is 1. The molecule has 22 heavy (non-hydrogen) atoms. The van der Waals surface area contributed by atoms with Gasteiger partial charge in [-0.1, -0.05) is 15.9 Å². The number of methoxy groups -OCH3 is 1. The molecule has 0 bridgehead atoms. The minimum Gasteiger partial charge on any atom is -0.496 e. The lowest BCUT2D eigenvalue weighted by atomic mass is 10.1. The van der Waals surface area contributed by atoms with Crippen molar-refractivity contribution in [2.45, 2.75) is 25.9 Å². The molecule has 120 valence electrons. The summed E-state index contributed by atoms with van der Waals surface area (Å²) in [5, 5.41) is 9.10. The minimum absolute atomic E-state index is 0.0944. The highest BCUT2D eigenvalue weighted by Gasteiger charge is 2.27. The summed E-state index contributed by atoms with van der Waals surface area (Å²) in [5.74, 6) is 0.691. The first-order valence-electron chi connectivity index (χ1n) is 6.90. The van der Waals surface area contributed by atoms with Gasteiger partial charge in [-0.2, -0.15) is 5.26 Å². The highest BCUT2D eigenvalue weighted by Crippen LogP contribution is 2.24. The second-order valence-electron chi connectivity index (χ2n) is 5.75. The van der Waals surface area contributed by atoms with E-state index in [0.29, 0.717) is 6.54 Å². The quantitative estimate of drug-likeness (QED) is 0.775. The number of hydrogen-bond donors (Lipinski definition) is 0. The lowest BCUT2D eigenvalue weighted by Crippen LogP contribution is -2.47. The average Bonchev–Trinajstić information content (AvgIpc) is 2.46. The average molecular weight is 368 g/mol. The van der Waals surface area contributed by atoms with E-state index in [4.69, 9.17) is 10.00 Å². The molecule has 0 N–H and O–H groups in total. The number of nitrogens with zero attached hydrogens (tertiary/aromatic N) is 3. The Morgan fingerprint density at radius 2 is 2.05 bits per heavy atom. The molecular formula is C16H22BrN3O2. The van der Waals surface area contributed by atoms with Crippen LogP contribution in [0.3, 0.4) is 0 Å². The highest BCUT2D eigenvalue weighted by atomic mass is 79.9. The van der Waals surface area contributed by atoms with E-state index >= 15 is 0 Å². The minimum atomic E-state index is -0.814. The molecular weight excluding hydrogens is 346 g/mol. The van der Waals surface area contributed by atoms with Gasteiger partial charge in [-0.05, 0) is 39.1 Å². The van der Waals surface area contributed by atoms with E-state index in [2.05, 4.69) is 22.0 Å². The lowest BCUT2D eigenvalue weighted by Gasteiger charge is -2.30. The van der Waals surface area contributed by atoms with Crippen molar-refractivity contribution in [1.82, 2.24) is 9.80 Å². The van der Waals surface area contributed by atoms with Crippen LogP contribution in [0.15, 0.2) is 22.7 Å². The Bertz CT molecular complexity index is 581. The van der Waals surface area contributed by atoms with Gasteiger partial charge < -0.3 is 9.64 Å². The first kappa shape index (κ1) is 18.5. The van der Waals surface area contributed by atoms with Crippen LogP contribution in [0.2, 0.25) is 0 Å². The Morgan fingerprint density at radius 3 is 2.59 bits per heavy atom. The van der Waals surface area contributed by atoms with Crippen LogP contribution in [0, 0.1) is 11.3 Å². The van der Waals surface area contributed by atoms with E-state index in [1.165, 1.54) is 4.90 Å². The Kier molecular flexibility index (Phi) is 6.39. The van der Waals surface area contributed by atoms with Crippen molar-refractivity contribution in [3.05, 3.63) is 28.2 Å². The van der Waals surface area contributed by atoms with Crippen LogP contribution < -0.4 is 4.74 Å². The Hall–Kier alpha value is -1.58. The molecule has 0 atom stereocenters. The highest BCUT2D eigenvalue weighted by molar-refractivity contribution is 9.10. The number of amides is 1. The fourth-order valence-electron chi connectivity index (χ4n) is 1.94. The monoisotopic (exact) mass is 367 g/mol. The Balaban J connectivity index is 2.75. The van der Waals surface area contributed by atoms with Crippen LogP contribution >= 0.6 is 15.9 Å². The third-order valence-corrected chi connectivity index (χ3v) is 4.07. The van der Waals surface area contributed by atoms with Gasteiger partial charge in [0.15, 0.2) is 0 Å². The molecule has 0 radical (unpaired) electrons. The molecule has 6 heteroatoms. The number of halogens is 1. The fourth-order valence-corrected chi connectivity index (χ4v) is 2.35. The Morgan fingerprint density at radius 1 is 1.41 bits per heavy atom. The molecule has 0 aromatic heterocycles. The number of likely N-dealkylation sites (N-methyl/N-ethyl adjacent to an activating group) is 2. The van der Waals surface area contributed by atoms with Gasteiger partial charge in [0.1, 0.15) is 11.3 Å². The number of benzene rings is 1. The molecule has 5 nitrogen and oxygen atoms in total. The molecule has 1 aromatic carbocycles. The van der Waals surface area contributed by atoms with E-state index in [-0.39, 0.29) is 12.5 Å². The summed E-state index contributed by atoms with van der Waals surface area (Å²) in [4.78, 5) is 15.6. The molecule has 0 saturated carbocycles. The summed E-state index contributed by atoms with van der Waals surface area (Å²) in [6.07, 6.45) is 0. The molecule has 0 aliphatic carbocycles. The number of carbonyl (C=O) groups excluding carboxylic acids is 1. The largest absolute Gasteiger partial charge is 0.496 e. The molecule has 0 unspecified atom stereocenters. The molecule has 0 saturated heterocycles. The van der Waals surface area contributed by atoms with E-state index in [9.17, 15) is 4.79 Å². The zero-order valence-electron chi connectivity index (χ0n) is 13.7. The van der Waals surface area contributed by atoms with Crippen molar-refractivity contribution in [3.63, 3.8) is 0 Å². The second kappa shape index (κ2) is 7.61. The number of nitriles is 1. The standard InChI is InChI=1S/C16H22BrN3O2/c1-16(2,11-18)20(4)15(21)10-19(3)9-12-8-13(17)6-7-14(12)22-5/h6-8H,9-10H2,1-5H3. The summed E-state index contributed by atoms with van der Waals surface area (Å²) in [5.41, 5.74) is 0.181. The van der Waals surface area contributed by atoms with E-state index in [1.54, 1.807) is 28.0 Å². The number of ether oxygens (including phenoxy) is 1. The number of rotatable bonds is 6. The lowest BCUT2D eigenvalue weighted by molar-refractivity contribution is -0.134. The molecule has 1 amide bonds. The maximum atomic E-state index is 12.3. The molecule has 0 spiro atoms. The summed E-state index contributed by atoms with van der Waals surface area (Å²) < 4.78 is 6.30. The van der Waals surface area contributed by atoms with Gasteiger partial charge in [0, 0.05) is 23.6 Å². The van der Waals surface area contributed by atoms with Crippen molar-refractivity contribution in [2.24, 2.45) is 0 Å². The van der Waals surface area contributed by atoms with E-state index in [0.717, 1.165) is 15.8 Å². The van der Waals surface area contributed by atoms with Crippen LogP contribution in [-0.2, 0) is 11.3 Å². The molecule has 0 aliphatic rings. The van der Waals surface area contributed by atoms with Crippen molar-refractivity contribution >= 4 is 21.8 Å². The first-order chi connectivity index (χ1) is 10.2. The van der Waals surface area contributed by atoms with Gasteiger partial charge in [-0.25, -0.2) is 0 Å². The molecule has 0 aliphatic heterocycles. The van der Waals surface area contributed by atoms with Crippen LogP contribution in [0.25, 0.3) is 0 Å². The van der Waals surface area contributed by atoms with Gasteiger partial charge >= 0.3 is 0 Å². The predicted octanol–water partition coefficient (Wildman–Crippen LogP) is 2.65.